The van der Waals surface area contributed by atoms with Crippen molar-refractivity contribution in [3.63, 3.8) is 0 Å². The summed E-state index contributed by atoms with van der Waals surface area (Å²) in [6, 6.07) is 0. The van der Waals surface area contributed by atoms with Crippen molar-refractivity contribution < 1.29 is 0 Å². The van der Waals surface area contributed by atoms with Crippen LogP contribution in [-0.2, 0) is 0 Å². The fraction of sp³-hybridized carbons (Fsp3) is 0.727. The molecule has 0 aromatic carbocycles. The predicted molar refractivity (Wildman–Crippen MR) is 61.2 cm³/mol. The summed E-state index contributed by atoms with van der Waals surface area (Å²) in [6.07, 6.45) is 6.88. The lowest BCUT2D eigenvalue weighted by Crippen LogP contribution is -1.73. The zero-order valence-electron chi connectivity index (χ0n) is 9.59. The molecule has 0 atom stereocenters. The molecule has 0 amide bonds. The molecule has 0 aromatic rings. The Morgan fingerprint density at radius 1 is 1.08 bits per heavy atom. The van der Waals surface area contributed by atoms with E-state index in [1.54, 1.807) is 0 Å². The van der Waals surface area contributed by atoms with Crippen LogP contribution in [0, 0.1) is 0 Å². The fourth-order valence-electron chi connectivity index (χ4n) is 0.351. The first kappa shape index (κ1) is 17.5. The molecule has 0 unspecified atom stereocenters. The van der Waals surface area contributed by atoms with Crippen molar-refractivity contribution in [3.05, 3.63) is 12.2 Å². The van der Waals surface area contributed by atoms with Gasteiger partial charge in [0.1, 0.15) is 0 Å². The van der Waals surface area contributed by atoms with Crippen molar-refractivity contribution in [1.29, 1.82) is 0 Å². The molecule has 0 heterocycles. The minimum Gasteiger partial charge on any atom is -0.293 e. The highest BCUT2D eigenvalue weighted by molar-refractivity contribution is 5.70. The van der Waals surface area contributed by atoms with Gasteiger partial charge in [-0.25, -0.2) is 0 Å². The zero-order valence-corrected chi connectivity index (χ0v) is 9.59. The molecule has 74 valence electrons. The van der Waals surface area contributed by atoms with Gasteiger partial charge in [0, 0.05) is 12.8 Å². The number of rotatable bonds is 3. The predicted octanol–water partition coefficient (Wildman–Crippen LogP) is 4.10. The van der Waals surface area contributed by atoms with E-state index < -0.39 is 0 Å². The number of hydrogen-bond acceptors (Lipinski definition) is 1. The molecule has 0 saturated carbocycles. The number of nitrogens with zero attached hydrogens (tertiary/aromatic N) is 1. The molecule has 12 heavy (non-hydrogen) atoms. The molecule has 0 spiro atoms. The van der Waals surface area contributed by atoms with Gasteiger partial charge in [-0.05, 0) is 19.4 Å². The lowest BCUT2D eigenvalue weighted by Gasteiger charge is -1.79. The van der Waals surface area contributed by atoms with E-state index in [4.69, 9.17) is 0 Å². The lowest BCUT2D eigenvalue weighted by molar-refractivity contribution is 0.937. The van der Waals surface area contributed by atoms with Gasteiger partial charge < -0.3 is 0 Å². The zero-order chi connectivity index (χ0) is 10.2. The first-order valence-electron chi connectivity index (χ1n) is 5.03. The number of hydrogen-bond donors (Lipinski definition) is 0. The second-order valence-electron chi connectivity index (χ2n) is 1.58. The Kier molecular flexibility index (Phi) is 45.9. The van der Waals surface area contributed by atoms with Gasteiger partial charge in [0.05, 0.1) is 0 Å². The molecule has 0 N–H and O–H groups in total. The van der Waals surface area contributed by atoms with E-state index in [1.165, 1.54) is 0 Å². The summed E-state index contributed by atoms with van der Waals surface area (Å²) in [4.78, 5) is 4.07. The van der Waals surface area contributed by atoms with E-state index in [9.17, 15) is 0 Å². The third kappa shape index (κ3) is 34.2. The standard InChI is InChI=1S/C7H13N.2C2H6/c1-3-5-7-8-6-4-2;2*1-2/h3,5,7H,4,6H2,1-2H3;2*1-2H3/b5-3-,8-7?;;. The molecule has 0 aromatic heterocycles. The third-order valence-corrected chi connectivity index (χ3v) is 0.737. The Morgan fingerprint density at radius 2 is 1.58 bits per heavy atom. The van der Waals surface area contributed by atoms with Gasteiger partial charge in [0.25, 0.3) is 0 Å². The second kappa shape index (κ2) is 31.5. The van der Waals surface area contributed by atoms with Crippen molar-refractivity contribution in [1.82, 2.24) is 0 Å². The first-order chi connectivity index (χ1) is 5.91. The van der Waals surface area contributed by atoms with E-state index in [2.05, 4.69) is 11.9 Å². The Bertz CT molecular complexity index is 83.0. The Labute approximate surface area is 78.6 Å². The molecule has 0 radical (unpaired) electrons. The van der Waals surface area contributed by atoms with E-state index in [1.807, 2.05) is 53.0 Å². The molecular weight excluding hydrogens is 146 g/mol. The maximum absolute atomic E-state index is 4.07. The SMILES string of the molecule is C/C=C\C=NCCC.CC.CC. The quantitative estimate of drug-likeness (QED) is 0.567. The highest BCUT2D eigenvalue weighted by Gasteiger charge is 1.67. The highest BCUT2D eigenvalue weighted by Crippen LogP contribution is 1.75. The van der Waals surface area contributed by atoms with Crippen molar-refractivity contribution in [2.75, 3.05) is 6.54 Å². The molecular formula is C11H25N. The van der Waals surface area contributed by atoms with Gasteiger partial charge in [-0.3, -0.25) is 4.99 Å². The summed E-state index contributed by atoms with van der Waals surface area (Å²) in [5, 5.41) is 0. The van der Waals surface area contributed by atoms with E-state index in [0.29, 0.717) is 0 Å². The van der Waals surface area contributed by atoms with E-state index >= 15 is 0 Å². The summed E-state index contributed by atoms with van der Waals surface area (Å²) in [7, 11) is 0. The van der Waals surface area contributed by atoms with Crippen LogP contribution in [0.5, 0.6) is 0 Å². The Balaban J connectivity index is -0.000000175. The van der Waals surface area contributed by atoms with Crippen LogP contribution >= 0.6 is 0 Å². The molecule has 1 heteroatoms. The monoisotopic (exact) mass is 171 g/mol. The van der Waals surface area contributed by atoms with Crippen LogP contribution in [0.1, 0.15) is 48.0 Å². The molecule has 0 fully saturated rings. The molecule has 0 rings (SSSR count). The fourth-order valence-corrected chi connectivity index (χ4v) is 0.351. The van der Waals surface area contributed by atoms with Crippen LogP contribution in [0.3, 0.4) is 0 Å². The topological polar surface area (TPSA) is 12.4 Å². The summed E-state index contributed by atoms with van der Waals surface area (Å²) in [5.74, 6) is 0. The highest BCUT2D eigenvalue weighted by atomic mass is 14.7. The van der Waals surface area contributed by atoms with E-state index in [0.717, 1.165) is 13.0 Å². The second-order valence-corrected chi connectivity index (χ2v) is 1.58. The van der Waals surface area contributed by atoms with Gasteiger partial charge in [0.15, 0.2) is 0 Å². The molecule has 0 aliphatic rings. The minimum absolute atomic E-state index is 0.949. The van der Waals surface area contributed by atoms with E-state index in [-0.39, 0.29) is 0 Å². The third-order valence-electron chi connectivity index (χ3n) is 0.737. The Hall–Kier alpha value is -0.590. The lowest BCUT2D eigenvalue weighted by atomic mass is 10.5. The Morgan fingerprint density at radius 3 is 1.92 bits per heavy atom. The largest absolute Gasteiger partial charge is 0.293 e. The summed E-state index contributed by atoms with van der Waals surface area (Å²) < 4.78 is 0. The van der Waals surface area contributed by atoms with Crippen molar-refractivity contribution in [2.45, 2.75) is 48.0 Å². The van der Waals surface area contributed by atoms with Crippen molar-refractivity contribution in [3.8, 4) is 0 Å². The molecule has 1 nitrogen and oxygen atoms in total. The smallest absolute Gasteiger partial charge is 0.0386 e. The number of aliphatic imine (C=N–C) groups is 1. The van der Waals surface area contributed by atoms with Crippen molar-refractivity contribution >= 4 is 6.21 Å². The van der Waals surface area contributed by atoms with Gasteiger partial charge >= 0.3 is 0 Å². The van der Waals surface area contributed by atoms with Crippen LogP contribution in [0.25, 0.3) is 0 Å². The van der Waals surface area contributed by atoms with Gasteiger partial charge in [-0.15, -0.1) is 0 Å². The van der Waals surface area contributed by atoms with Crippen LogP contribution in [0.4, 0.5) is 0 Å². The summed E-state index contributed by atoms with van der Waals surface area (Å²) in [6.45, 7) is 13.1. The maximum atomic E-state index is 4.07. The molecule has 0 bridgehead atoms. The molecule has 0 saturated heterocycles. The summed E-state index contributed by atoms with van der Waals surface area (Å²) in [5.41, 5.74) is 0. The van der Waals surface area contributed by atoms with Crippen molar-refractivity contribution in [2.24, 2.45) is 4.99 Å². The van der Waals surface area contributed by atoms with Crippen LogP contribution in [0.15, 0.2) is 17.1 Å². The van der Waals surface area contributed by atoms with Crippen LogP contribution < -0.4 is 0 Å². The maximum Gasteiger partial charge on any atom is 0.0386 e. The molecule has 0 aliphatic carbocycles. The first-order valence-corrected chi connectivity index (χ1v) is 5.03. The summed E-state index contributed by atoms with van der Waals surface area (Å²) >= 11 is 0. The van der Waals surface area contributed by atoms with Crippen LogP contribution in [0.2, 0.25) is 0 Å². The average Bonchev–Trinajstić information content (AvgIpc) is 2.19. The molecule has 0 aliphatic heterocycles. The van der Waals surface area contributed by atoms with Gasteiger partial charge in [-0.1, -0.05) is 40.7 Å². The van der Waals surface area contributed by atoms with Crippen LogP contribution in [-0.4, -0.2) is 12.8 Å². The van der Waals surface area contributed by atoms with Gasteiger partial charge in [-0.2, -0.15) is 0 Å². The number of allylic oxidation sites excluding steroid dienone is 2. The normalized spacial score (nSPS) is 8.83. The average molecular weight is 171 g/mol. The minimum atomic E-state index is 0.949. The van der Waals surface area contributed by atoms with Gasteiger partial charge in [0.2, 0.25) is 0 Å².